The van der Waals surface area contributed by atoms with E-state index in [-0.39, 0.29) is 0 Å². The molecule has 0 radical (unpaired) electrons. The molecule has 0 aliphatic heterocycles. The van der Waals surface area contributed by atoms with Crippen molar-refractivity contribution in [3.05, 3.63) is 12.2 Å². The molecular formula is C18H29Br. The molecule has 0 amide bonds. The van der Waals surface area contributed by atoms with Crippen molar-refractivity contribution in [2.75, 3.05) is 0 Å². The molecule has 3 aliphatic carbocycles. The summed E-state index contributed by atoms with van der Waals surface area (Å²) in [4.78, 5) is 0.692. The van der Waals surface area contributed by atoms with Crippen molar-refractivity contribution < 1.29 is 0 Å². The van der Waals surface area contributed by atoms with Crippen molar-refractivity contribution in [2.45, 2.75) is 64.6 Å². The monoisotopic (exact) mass is 324 g/mol. The van der Waals surface area contributed by atoms with Gasteiger partial charge in [0.25, 0.3) is 0 Å². The molecule has 3 rings (SSSR count). The molecule has 6 atom stereocenters. The fourth-order valence-electron chi connectivity index (χ4n) is 5.85. The van der Waals surface area contributed by atoms with Crippen molar-refractivity contribution in [2.24, 2.45) is 34.5 Å². The maximum Gasteiger partial charge on any atom is 0.0239 e. The molecule has 2 fully saturated rings. The highest BCUT2D eigenvalue weighted by atomic mass is 79.9. The van der Waals surface area contributed by atoms with E-state index in [1.807, 2.05) is 0 Å². The van der Waals surface area contributed by atoms with Crippen LogP contribution >= 0.6 is 15.9 Å². The highest BCUT2D eigenvalue weighted by molar-refractivity contribution is 9.09. The summed E-state index contributed by atoms with van der Waals surface area (Å²) >= 11 is 3.99. The van der Waals surface area contributed by atoms with Gasteiger partial charge in [-0.25, -0.2) is 0 Å². The first-order valence-corrected chi connectivity index (χ1v) is 9.12. The van der Waals surface area contributed by atoms with Crippen LogP contribution < -0.4 is 0 Å². The predicted octanol–water partition coefficient (Wildman–Crippen LogP) is 5.81. The number of hydrogen-bond donors (Lipinski definition) is 0. The van der Waals surface area contributed by atoms with Gasteiger partial charge in [-0.2, -0.15) is 0 Å². The third kappa shape index (κ3) is 1.90. The highest BCUT2D eigenvalue weighted by Crippen LogP contribution is 2.66. The molecule has 0 heterocycles. The Morgan fingerprint density at radius 1 is 1.11 bits per heavy atom. The third-order valence-corrected chi connectivity index (χ3v) is 8.51. The Bertz CT molecular complexity index is 385. The molecule has 0 unspecified atom stereocenters. The summed E-state index contributed by atoms with van der Waals surface area (Å²) in [5.41, 5.74) is 1.11. The molecule has 108 valence electrons. The molecule has 19 heavy (non-hydrogen) atoms. The van der Waals surface area contributed by atoms with E-state index in [2.05, 4.69) is 55.8 Å². The van der Waals surface area contributed by atoms with Gasteiger partial charge in [-0.15, -0.1) is 0 Å². The van der Waals surface area contributed by atoms with Crippen molar-refractivity contribution >= 4 is 15.9 Å². The summed E-state index contributed by atoms with van der Waals surface area (Å²) in [5.74, 6) is 3.54. The standard InChI is InChI=1S/C18H29Br/c1-12(2)13-8-9-15-14-6-5-7-16(19)18(14,4)11-10-17(13,15)3/h5-6,12-16H,7-11H2,1-4H3/t13-,14+,15+,16+,17-,18+/m1/s1. The second kappa shape index (κ2) is 4.61. The minimum Gasteiger partial charge on any atom is -0.0881 e. The van der Waals surface area contributed by atoms with Crippen LogP contribution in [0.5, 0.6) is 0 Å². The third-order valence-electron chi connectivity index (χ3n) is 7.09. The Morgan fingerprint density at radius 2 is 1.79 bits per heavy atom. The van der Waals surface area contributed by atoms with Crippen LogP contribution in [0.15, 0.2) is 12.2 Å². The van der Waals surface area contributed by atoms with E-state index in [0.717, 1.165) is 23.7 Å². The molecular weight excluding hydrogens is 296 g/mol. The maximum absolute atomic E-state index is 3.99. The Hall–Kier alpha value is 0.220. The average molecular weight is 325 g/mol. The second-order valence-electron chi connectivity index (χ2n) is 8.20. The average Bonchev–Trinajstić information content (AvgIpc) is 2.69. The number of fused-ring (bicyclic) bond motifs is 3. The van der Waals surface area contributed by atoms with Crippen LogP contribution in [0.4, 0.5) is 0 Å². The van der Waals surface area contributed by atoms with Crippen LogP contribution in [0.3, 0.4) is 0 Å². The fourth-order valence-corrected chi connectivity index (χ4v) is 6.60. The van der Waals surface area contributed by atoms with Gasteiger partial charge in [-0.05, 0) is 66.6 Å². The lowest BCUT2D eigenvalue weighted by Crippen LogP contribution is -2.50. The lowest BCUT2D eigenvalue weighted by molar-refractivity contribution is -0.0288. The molecule has 0 nitrogen and oxygen atoms in total. The molecule has 0 aromatic rings. The maximum atomic E-state index is 3.99. The molecule has 2 saturated carbocycles. The minimum atomic E-state index is 0.505. The van der Waals surface area contributed by atoms with Gasteiger partial charge in [0.1, 0.15) is 0 Å². The number of halogens is 1. The second-order valence-corrected chi connectivity index (χ2v) is 9.31. The van der Waals surface area contributed by atoms with E-state index in [4.69, 9.17) is 0 Å². The Morgan fingerprint density at radius 3 is 2.47 bits per heavy atom. The largest absolute Gasteiger partial charge is 0.0881 e. The zero-order valence-corrected chi connectivity index (χ0v) is 14.5. The van der Waals surface area contributed by atoms with Crippen molar-refractivity contribution in [3.8, 4) is 0 Å². The minimum absolute atomic E-state index is 0.505. The van der Waals surface area contributed by atoms with Gasteiger partial charge in [0.2, 0.25) is 0 Å². The van der Waals surface area contributed by atoms with Crippen LogP contribution in [0, 0.1) is 34.5 Å². The molecule has 0 saturated heterocycles. The first-order valence-electron chi connectivity index (χ1n) is 8.20. The Labute approximate surface area is 127 Å². The normalized spacial score (nSPS) is 53.2. The van der Waals surface area contributed by atoms with Gasteiger partial charge < -0.3 is 0 Å². The molecule has 0 aromatic heterocycles. The Kier molecular flexibility index (Phi) is 3.44. The van der Waals surface area contributed by atoms with E-state index in [1.165, 1.54) is 32.1 Å². The number of hydrogen-bond acceptors (Lipinski definition) is 0. The zero-order valence-electron chi connectivity index (χ0n) is 13.0. The summed E-state index contributed by atoms with van der Waals surface area (Å²) in [6.07, 6.45) is 12.0. The van der Waals surface area contributed by atoms with E-state index >= 15 is 0 Å². The quantitative estimate of drug-likeness (QED) is 0.421. The van der Waals surface area contributed by atoms with Gasteiger partial charge in [0.05, 0.1) is 0 Å². The summed E-state index contributed by atoms with van der Waals surface area (Å²) in [5, 5.41) is 0. The number of allylic oxidation sites excluding steroid dienone is 2. The molecule has 0 N–H and O–H groups in total. The lowest BCUT2D eigenvalue weighted by Gasteiger charge is -2.56. The van der Waals surface area contributed by atoms with Gasteiger partial charge in [-0.3, -0.25) is 0 Å². The van der Waals surface area contributed by atoms with E-state index in [0.29, 0.717) is 15.7 Å². The zero-order chi connectivity index (χ0) is 13.8. The van der Waals surface area contributed by atoms with Crippen LogP contribution in [0.2, 0.25) is 0 Å². The first-order chi connectivity index (χ1) is 8.89. The SMILES string of the molecule is CC(C)[C@H]1CC[C@H]2[C@@H]3C=CC[C@H](Br)[C@@]3(C)CC[C@]12C. The Balaban J connectivity index is 1.95. The van der Waals surface area contributed by atoms with Crippen molar-refractivity contribution in [1.82, 2.24) is 0 Å². The highest BCUT2D eigenvalue weighted by Gasteiger charge is 2.58. The molecule has 0 spiro atoms. The molecule has 0 bridgehead atoms. The molecule has 1 heteroatoms. The first kappa shape index (κ1) is 14.2. The number of alkyl halides is 1. The van der Waals surface area contributed by atoms with Gasteiger partial charge in [-0.1, -0.05) is 55.8 Å². The lowest BCUT2D eigenvalue weighted by atomic mass is 9.50. The topological polar surface area (TPSA) is 0 Å². The van der Waals surface area contributed by atoms with Crippen molar-refractivity contribution in [3.63, 3.8) is 0 Å². The summed E-state index contributed by atoms with van der Waals surface area (Å²) < 4.78 is 0. The van der Waals surface area contributed by atoms with Crippen LogP contribution in [0.25, 0.3) is 0 Å². The summed E-state index contributed by atoms with van der Waals surface area (Å²) in [6, 6.07) is 0. The van der Waals surface area contributed by atoms with Gasteiger partial charge in [0.15, 0.2) is 0 Å². The van der Waals surface area contributed by atoms with E-state index < -0.39 is 0 Å². The van der Waals surface area contributed by atoms with Crippen LogP contribution in [0.1, 0.15) is 59.8 Å². The fraction of sp³-hybridized carbons (Fsp3) is 0.889. The summed E-state index contributed by atoms with van der Waals surface area (Å²) in [6.45, 7) is 10.0. The van der Waals surface area contributed by atoms with E-state index in [9.17, 15) is 0 Å². The number of rotatable bonds is 1. The predicted molar refractivity (Wildman–Crippen MR) is 86.5 cm³/mol. The van der Waals surface area contributed by atoms with Gasteiger partial charge in [0, 0.05) is 4.83 Å². The summed E-state index contributed by atoms with van der Waals surface area (Å²) in [7, 11) is 0. The smallest absolute Gasteiger partial charge is 0.0239 e. The van der Waals surface area contributed by atoms with E-state index in [1.54, 1.807) is 0 Å². The molecule has 3 aliphatic rings. The van der Waals surface area contributed by atoms with Crippen molar-refractivity contribution in [1.29, 1.82) is 0 Å². The van der Waals surface area contributed by atoms with Crippen LogP contribution in [-0.4, -0.2) is 4.83 Å². The molecule has 0 aromatic carbocycles. The van der Waals surface area contributed by atoms with Gasteiger partial charge >= 0.3 is 0 Å². The van der Waals surface area contributed by atoms with Crippen LogP contribution in [-0.2, 0) is 0 Å².